The van der Waals surface area contributed by atoms with Crippen molar-refractivity contribution in [2.45, 2.75) is 39.0 Å². The van der Waals surface area contributed by atoms with Crippen LogP contribution in [0.5, 0.6) is 11.5 Å². The molecule has 0 aliphatic carbocycles. The van der Waals surface area contributed by atoms with E-state index >= 15 is 0 Å². The number of phenols is 2. The number of hydrogen-bond donors (Lipinski definition) is 2. The maximum Gasteiger partial charge on any atom is 0.420 e. The first-order chi connectivity index (χ1) is 24.1. The fourth-order valence-electron chi connectivity index (χ4n) is 4.96. The lowest BCUT2D eigenvalue weighted by Gasteiger charge is -2.12. The summed E-state index contributed by atoms with van der Waals surface area (Å²) in [7, 11) is 0. The molecule has 0 atom stereocenters. The van der Waals surface area contributed by atoms with E-state index in [2.05, 4.69) is 64.1 Å². The fraction of sp³-hybridized carbons (Fsp3) is 0.188. The van der Waals surface area contributed by atoms with Gasteiger partial charge in [0.2, 0.25) is 23.1 Å². The van der Waals surface area contributed by atoms with E-state index in [4.69, 9.17) is 0 Å². The second-order valence-corrected chi connectivity index (χ2v) is 11.2. The summed E-state index contributed by atoms with van der Waals surface area (Å²) in [6, 6.07) is 7.65. The quantitative estimate of drug-likeness (QED) is 0.125. The highest BCUT2D eigenvalue weighted by Crippen LogP contribution is 2.41. The minimum absolute atomic E-state index is 0.149. The number of nitrogens with zero attached hydrogens (tertiary/aromatic N) is 6. The predicted molar refractivity (Wildman–Crippen MR) is 183 cm³/mol. The molecule has 0 saturated heterocycles. The third-order valence-corrected chi connectivity index (χ3v) is 7.85. The monoisotopic (exact) mass is 906 g/mol. The summed E-state index contributed by atoms with van der Waals surface area (Å²) in [4.78, 5) is 42.2. The first kappa shape index (κ1) is 39.4. The number of aryl methyl sites for hydroxylation is 2. The molecule has 0 saturated carbocycles. The second kappa shape index (κ2) is 15.9. The molecule has 51 heavy (non-hydrogen) atoms. The molecule has 0 unspecified atom stereocenters. The Balaban J connectivity index is 0.000000218. The number of hydrogen-bond acceptors (Lipinski definition) is 8. The van der Waals surface area contributed by atoms with Crippen molar-refractivity contribution in [3.05, 3.63) is 117 Å². The number of benzene rings is 2. The standard InChI is InChI=1S/C16H11BrF3N3O2.C16H12F3N3O2.Br2/c1-2-11-12(23-5-3-4-21-15(23)22-11)13(24)8-6-9(16(18,19)20)14(25)10(17)7-8;1-2-11-13(22-7-3-6-20-15(22)21-11)14(24)9-4-5-12(23)10(8-9)16(17,18)19;1-2/h3-7,25H,2H2,1H3;3-8,23H,2H2,1H3;. The summed E-state index contributed by atoms with van der Waals surface area (Å²) in [6.07, 6.45) is -2.54. The van der Waals surface area contributed by atoms with Crippen molar-refractivity contribution >= 4 is 67.3 Å². The van der Waals surface area contributed by atoms with Crippen LogP contribution < -0.4 is 0 Å². The number of phenolic OH excluding ortho intramolecular Hbond substituents is 2. The normalized spacial score (nSPS) is 11.5. The molecule has 4 aromatic heterocycles. The zero-order chi connectivity index (χ0) is 37.8. The number of imidazole rings is 2. The van der Waals surface area contributed by atoms with E-state index in [9.17, 15) is 46.1 Å². The average molecular weight is 909 g/mol. The summed E-state index contributed by atoms with van der Waals surface area (Å²) in [5.74, 6) is -2.54. The first-order valence-electron chi connectivity index (χ1n) is 14.4. The molecule has 19 heteroatoms. The van der Waals surface area contributed by atoms with E-state index in [0.29, 0.717) is 42.1 Å². The maximum absolute atomic E-state index is 13.1. The van der Waals surface area contributed by atoms with E-state index in [0.717, 1.165) is 18.2 Å². The van der Waals surface area contributed by atoms with Gasteiger partial charge in [-0.1, -0.05) is 13.8 Å². The van der Waals surface area contributed by atoms with Gasteiger partial charge in [0.05, 0.1) is 27.0 Å². The molecule has 6 aromatic rings. The molecular formula is C32H23Br3F6N6O4. The molecule has 2 aromatic carbocycles. The zero-order valence-corrected chi connectivity index (χ0v) is 30.8. The van der Waals surface area contributed by atoms with Crippen molar-refractivity contribution in [1.82, 2.24) is 28.7 Å². The van der Waals surface area contributed by atoms with E-state index in [1.54, 1.807) is 38.4 Å². The number of carbonyl (C=O) groups excluding carboxylic acids is 2. The van der Waals surface area contributed by atoms with Gasteiger partial charge in [-0.05, 0) is 71.2 Å². The molecule has 2 N–H and O–H groups in total. The van der Waals surface area contributed by atoms with Crippen LogP contribution in [0.2, 0.25) is 0 Å². The number of halogens is 9. The summed E-state index contributed by atoms with van der Waals surface area (Å²) in [6.45, 7) is 3.57. The average Bonchev–Trinajstić information content (AvgIpc) is 3.67. The van der Waals surface area contributed by atoms with Gasteiger partial charge >= 0.3 is 12.4 Å². The van der Waals surface area contributed by atoms with Crippen LogP contribution in [0.25, 0.3) is 11.6 Å². The van der Waals surface area contributed by atoms with Crippen molar-refractivity contribution in [1.29, 1.82) is 0 Å². The van der Waals surface area contributed by atoms with Crippen LogP contribution in [-0.4, -0.2) is 50.5 Å². The van der Waals surface area contributed by atoms with Crippen LogP contribution in [-0.2, 0) is 25.2 Å². The van der Waals surface area contributed by atoms with Crippen LogP contribution in [0.15, 0.2) is 71.7 Å². The Morgan fingerprint density at radius 3 is 1.63 bits per heavy atom. The zero-order valence-electron chi connectivity index (χ0n) is 26.1. The van der Waals surface area contributed by atoms with Gasteiger partial charge in [-0.3, -0.25) is 18.4 Å². The Labute approximate surface area is 308 Å². The summed E-state index contributed by atoms with van der Waals surface area (Å²) >= 11 is 8.37. The van der Waals surface area contributed by atoms with Gasteiger partial charge in [0.1, 0.15) is 22.9 Å². The Bertz CT molecular complexity index is 2240. The molecule has 0 fully saturated rings. The number of aromatic nitrogens is 6. The van der Waals surface area contributed by atoms with Crippen LogP contribution in [0, 0.1) is 0 Å². The molecule has 4 heterocycles. The molecule has 0 bridgehead atoms. The van der Waals surface area contributed by atoms with Crippen molar-refractivity contribution in [2.75, 3.05) is 0 Å². The Morgan fingerprint density at radius 1 is 0.725 bits per heavy atom. The topological polar surface area (TPSA) is 135 Å². The predicted octanol–water partition coefficient (Wildman–Crippen LogP) is 8.95. The summed E-state index contributed by atoms with van der Waals surface area (Å²) in [5.41, 5.74) is -1.73. The van der Waals surface area contributed by atoms with Gasteiger partial charge < -0.3 is 10.2 Å². The van der Waals surface area contributed by atoms with Gasteiger partial charge in [0.15, 0.2) is 0 Å². The van der Waals surface area contributed by atoms with Gasteiger partial charge in [0.25, 0.3) is 0 Å². The fourth-order valence-corrected chi connectivity index (χ4v) is 5.42. The Morgan fingerprint density at radius 2 is 1.18 bits per heavy atom. The molecule has 10 nitrogen and oxygen atoms in total. The van der Waals surface area contributed by atoms with Crippen LogP contribution in [0.4, 0.5) is 26.3 Å². The van der Waals surface area contributed by atoms with Crippen LogP contribution in [0.1, 0.15) is 68.5 Å². The highest BCUT2D eigenvalue weighted by molar-refractivity contribution is 9.93. The molecule has 0 aliphatic rings. The van der Waals surface area contributed by atoms with Crippen molar-refractivity contribution in [2.24, 2.45) is 0 Å². The van der Waals surface area contributed by atoms with E-state index in [-0.39, 0.29) is 32.8 Å². The van der Waals surface area contributed by atoms with Gasteiger partial charge in [-0.15, -0.1) is 0 Å². The SMILES string of the molecule is BrBr.CCc1nc2ncccn2c1C(=O)c1cc(Br)c(O)c(C(F)(F)F)c1.CCc1nc2ncccn2c1C(=O)c1ccc(O)c(C(F)(F)F)c1. The van der Waals surface area contributed by atoms with Gasteiger partial charge in [-0.2, -0.15) is 26.3 Å². The molecule has 6 rings (SSSR count). The summed E-state index contributed by atoms with van der Waals surface area (Å²) in [5, 5.41) is 19.0. The van der Waals surface area contributed by atoms with Gasteiger partial charge in [0, 0.05) is 64.2 Å². The summed E-state index contributed by atoms with van der Waals surface area (Å²) < 4.78 is 80.8. The maximum atomic E-state index is 13.1. The number of carbonyl (C=O) groups is 2. The molecule has 0 aliphatic heterocycles. The second-order valence-electron chi connectivity index (χ2n) is 10.3. The highest BCUT2D eigenvalue weighted by atomic mass is 80.9. The van der Waals surface area contributed by atoms with Crippen molar-refractivity contribution < 1.29 is 46.1 Å². The number of ketones is 2. The third kappa shape index (κ3) is 8.25. The largest absolute Gasteiger partial charge is 0.507 e. The lowest BCUT2D eigenvalue weighted by atomic mass is 10.0. The third-order valence-electron chi connectivity index (χ3n) is 7.25. The lowest BCUT2D eigenvalue weighted by Crippen LogP contribution is -2.12. The first-order valence-corrected chi connectivity index (χ1v) is 18.9. The van der Waals surface area contributed by atoms with E-state index in [1.807, 2.05) is 0 Å². The van der Waals surface area contributed by atoms with E-state index < -0.39 is 46.5 Å². The van der Waals surface area contributed by atoms with E-state index in [1.165, 1.54) is 21.2 Å². The Hall–Kier alpha value is -4.36. The molecule has 0 spiro atoms. The molecule has 268 valence electrons. The minimum atomic E-state index is -4.79. The van der Waals surface area contributed by atoms with Crippen molar-refractivity contribution in [3.8, 4) is 11.5 Å². The lowest BCUT2D eigenvalue weighted by molar-refractivity contribution is -0.139. The molecule has 0 amide bonds. The number of aromatic hydroxyl groups is 2. The molecule has 0 radical (unpaired) electrons. The smallest absolute Gasteiger partial charge is 0.420 e. The van der Waals surface area contributed by atoms with Crippen molar-refractivity contribution in [3.63, 3.8) is 0 Å². The van der Waals surface area contributed by atoms with Crippen LogP contribution in [0.3, 0.4) is 0 Å². The number of fused-ring (bicyclic) bond motifs is 2. The number of alkyl halides is 6. The minimum Gasteiger partial charge on any atom is -0.507 e. The Kier molecular flexibility index (Phi) is 12.3. The van der Waals surface area contributed by atoms with Crippen LogP contribution >= 0.6 is 44.2 Å². The molecular weight excluding hydrogens is 886 g/mol. The number of rotatable bonds is 6. The van der Waals surface area contributed by atoms with Gasteiger partial charge in [-0.25, -0.2) is 19.9 Å². The highest BCUT2D eigenvalue weighted by Gasteiger charge is 2.37.